The zero-order valence-corrected chi connectivity index (χ0v) is 10.2. The molecule has 0 radical (unpaired) electrons. The highest BCUT2D eigenvalue weighted by Gasteiger charge is 2.34. The van der Waals surface area contributed by atoms with Crippen LogP contribution in [0.25, 0.3) is 6.08 Å². The van der Waals surface area contributed by atoms with Gasteiger partial charge in [-0.05, 0) is 6.07 Å². The molecule has 1 heterocycles. The first kappa shape index (κ1) is 12.1. The van der Waals surface area contributed by atoms with Crippen molar-refractivity contribution in [1.82, 2.24) is 0 Å². The number of rotatable bonds is 5. The first-order chi connectivity index (χ1) is 8.23. The number of nitrogens with two attached hydrogens (primary N) is 1. The molecule has 0 aliphatic carbocycles. The average Bonchev–Trinajstić information content (AvgIpc) is 2.32. The third-order valence-corrected chi connectivity index (χ3v) is 2.83. The first-order valence-electron chi connectivity index (χ1n) is 5.90. The van der Waals surface area contributed by atoms with Gasteiger partial charge in [0.15, 0.2) is 0 Å². The van der Waals surface area contributed by atoms with Gasteiger partial charge in [0.05, 0.1) is 19.8 Å². The van der Waals surface area contributed by atoms with E-state index in [2.05, 4.69) is 6.92 Å². The van der Waals surface area contributed by atoms with Crippen molar-refractivity contribution in [1.29, 1.82) is 0 Å². The lowest BCUT2D eigenvalue weighted by molar-refractivity contribution is -0.120. The van der Waals surface area contributed by atoms with E-state index < -0.39 is 0 Å². The lowest BCUT2D eigenvalue weighted by Gasteiger charge is -2.37. The Morgan fingerprint density at radius 3 is 2.82 bits per heavy atom. The molecule has 3 heteroatoms. The molecule has 1 aromatic rings. The van der Waals surface area contributed by atoms with Crippen molar-refractivity contribution in [3.8, 4) is 5.75 Å². The molecule has 1 fully saturated rings. The summed E-state index contributed by atoms with van der Waals surface area (Å²) in [7, 11) is 0. The molecule has 1 aliphatic rings. The summed E-state index contributed by atoms with van der Waals surface area (Å²) in [6, 6.07) is 7.99. The van der Waals surface area contributed by atoms with Gasteiger partial charge in [0, 0.05) is 17.5 Å². The molecule has 0 bridgehead atoms. The molecule has 3 nitrogen and oxygen atoms in total. The maximum atomic E-state index is 5.87. The predicted molar refractivity (Wildman–Crippen MR) is 69.0 cm³/mol. The van der Waals surface area contributed by atoms with E-state index in [1.165, 1.54) is 0 Å². The van der Waals surface area contributed by atoms with Crippen LogP contribution in [0.3, 0.4) is 0 Å². The SMILES string of the molecule is CC1(COc2ccccc2/C=C/CN)COC1. The van der Waals surface area contributed by atoms with Gasteiger partial charge in [0.2, 0.25) is 0 Å². The van der Waals surface area contributed by atoms with E-state index in [1.54, 1.807) is 0 Å². The van der Waals surface area contributed by atoms with Crippen molar-refractivity contribution in [2.45, 2.75) is 6.92 Å². The molecule has 2 N–H and O–H groups in total. The molecule has 0 unspecified atom stereocenters. The Hall–Kier alpha value is -1.32. The minimum atomic E-state index is 0.171. The molecule has 0 spiro atoms. The lowest BCUT2D eigenvalue weighted by Crippen LogP contribution is -2.44. The normalized spacial score (nSPS) is 18.0. The van der Waals surface area contributed by atoms with E-state index in [9.17, 15) is 0 Å². The van der Waals surface area contributed by atoms with Crippen molar-refractivity contribution in [3.63, 3.8) is 0 Å². The van der Waals surface area contributed by atoms with Crippen molar-refractivity contribution < 1.29 is 9.47 Å². The van der Waals surface area contributed by atoms with E-state index in [4.69, 9.17) is 15.2 Å². The lowest BCUT2D eigenvalue weighted by atomic mass is 9.90. The largest absolute Gasteiger partial charge is 0.492 e. The van der Waals surface area contributed by atoms with Gasteiger partial charge >= 0.3 is 0 Å². The minimum absolute atomic E-state index is 0.171. The van der Waals surface area contributed by atoms with Crippen LogP contribution in [0.4, 0.5) is 0 Å². The van der Waals surface area contributed by atoms with Crippen LogP contribution in [-0.4, -0.2) is 26.4 Å². The molecule has 0 atom stereocenters. The van der Waals surface area contributed by atoms with E-state index in [0.717, 1.165) is 24.5 Å². The molecule has 2 rings (SSSR count). The fourth-order valence-electron chi connectivity index (χ4n) is 1.73. The number of ether oxygens (including phenoxy) is 2. The Morgan fingerprint density at radius 2 is 2.18 bits per heavy atom. The van der Waals surface area contributed by atoms with Crippen LogP contribution in [0.1, 0.15) is 12.5 Å². The van der Waals surface area contributed by atoms with Crippen LogP contribution in [0, 0.1) is 5.41 Å². The third-order valence-electron chi connectivity index (χ3n) is 2.83. The summed E-state index contributed by atoms with van der Waals surface area (Å²) in [4.78, 5) is 0. The Kier molecular flexibility index (Phi) is 3.82. The van der Waals surface area contributed by atoms with Crippen molar-refractivity contribution in [2.24, 2.45) is 11.1 Å². The Labute approximate surface area is 102 Å². The van der Waals surface area contributed by atoms with Gasteiger partial charge < -0.3 is 15.2 Å². The van der Waals surface area contributed by atoms with Crippen LogP contribution in [0.15, 0.2) is 30.3 Å². The first-order valence-corrected chi connectivity index (χ1v) is 5.90. The smallest absolute Gasteiger partial charge is 0.126 e. The van der Waals surface area contributed by atoms with Crippen molar-refractivity contribution >= 4 is 6.08 Å². The van der Waals surface area contributed by atoms with Crippen LogP contribution in [-0.2, 0) is 4.74 Å². The summed E-state index contributed by atoms with van der Waals surface area (Å²) in [5, 5.41) is 0. The predicted octanol–water partition coefficient (Wildman–Crippen LogP) is 2.07. The molecule has 1 saturated heterocycles. The van der Waals surface area contributed by atoms with E-state index in [0.29, 0.717) is 13.2 Å². The molecule has 92 valence electrons. The standard InChI is InChI=1S/C14H19NO2/c1-14(9-16-10-14)11-17-13-7-3-2-5-12(13)6-4-8-15/h2-7H,8-11,15H2,1H3/b6-4+. The van der Waals surface area contributed by atoms with Gasteiger partial charge in [0.1, 0.15) is 5.75 Å². The fourth-order valence-corrected chi connectivity index (χ4v) is 1.73. The fraction of sp³-hybridized carbons (Fsp3) is 0.429. The van der Waals surface area contributed by atoms with Crippen molar-refractivity contribution in [3.05, 3.63) is 35.9 Å². The highest BCUT2D eigenvalue weighted by molar-refractivity contribution is 5.57. The molecule has 0 aromatic heterocycles. The average molecular weight is 233 g/mol. The summed E-state index contributed by atoms with van der Waals surface area (Å²) in [5.41, 5.74) is 6.70. The van der Waals surface area contributed by atoms with Crippen LogP contribution in [0.2, 0.25) is 0 Å². The second-order valence-electron chi connectivity index (χ2n) is 4.77. The van der Waals surface area contributed by atoms with Crippen LogP contribution < -0.4 is 10.5 Å². The summed E-state index contributed by atoms with van der Waals surface area (Å²) >= 11 is 0. The third kappa shape index (κ3) is 3.08. The number of hydrogen-bond donors (Lipinski definition) is 1. The summed E-state index contributed by atoms with van der Waals surface area (Å²) in [6.07, 6.45) is 3.92. The highest BCUT2D eigenvalue weighted by atomic mass is 16.5. The Bertz CT molecular complexity index is 397. The van der Waals surface area contributed by atoms with Gasteiger partial charge in [-0.25, -0.2) is 0 Å². The monoisotopic (exact) mass is 233 g/mol. The maximum Gasteiger partial charge on any atom is 0.126 e. The minimum Gasteiger partial charge on any atom is -0.492 e. The highest BCUT2D eigenvalue weighted by Crippen LogP contribution is 2.28. The van der Waals surface area contributed by atoms with E-state index in [-0.39, 0.29) is 5.41 Å². The number of benzene rings is 1. The summed E-state index contributed by atoms with van der Waals surface area (Å²) in [6.45, 7) is 4.98. The quantitative estimate of drug-likeness (QED) is 0.846. The van der Waals surface area contributed by atoms with Crippen molar-refractivity contribution in [2.75, 3.05) is 26.4 Å². The van der Waals surface area contributed by atoms with Gasteiger partial charge in [-0.3, -0.25) is 0 Å². The van der Waals surface area contributed by atoms with E-state index >= 15 is 0 Å². The van der Waals surface area contributed by atoms with Gasteiger partial charge in [-0.15, -0.1) is 0 Å². The number of hydrogen-bond acceptors (Lipinski definition) is 3. The second-order valence-corrected chi connectivity index (χ2v) is 4.77. The Balaban J connectivity index is 2.01. The van der Waals surface area contributed by atoms with Gasteiger partial charge in [0.25, 0.3) is 0 Å². The number of para-hydroxylation sites is 1. The zero-order valence-electron chi connectivity index (χ0n) is 10.2. The maximum absolute atomic E-state index is 5.87. The zero-order chi connectivity index (χ0) is 12.1. The van der Waals surface area contributed by atoms with Gasteiger partial charge in [-0.2, -0.15) is 0 Å². The molecule has 17 heavy (non-hydrogen) atoms. The molecule has 0 amide bonds. The molecular formula is C14H19NO2. The molecule has 1 aromatic carbocycles. The van der Waals surface area contributed by atoms with E-state index in [1.807, 2.05) is 36.4 Å². The van der Waals surface area contributed by atoms with Crippen LogP contribution in [0.5, 0.6) is 5.75 Å². The summed E-state index contributed by atoms with van der Waals surface area (Å²) < 4.78 is 11.1. The molecule has 0 saturated carbocycles. The molecule has 1 aliphatic heterocycles. The van der Waals surface area contributed by atoms with Gasteiger partial charge in [-0.1, -0.05) is 37.3 Å². The summed E-state index contributed by atoms with van der Waals surface area (Å²) in [5.74, 6) is 0.908. The second kappa shape index (κ2) is 5.34. The molecular weight excluding hydrogens is 214 g/mol. The topological polar surface area (TPSA) is 44.5 Å². The van der Waals surface area contributed by atoms with Crippen LogP contribution >= 0.6 is 0 Å². The Morgan fingerprint density at radius 1 is 1.41 bits per heavy atom.